The number of nitrogens with zero attached hydrogens (tertiary/aromatic N) is 5. The van der Waals surface area contributed by atoms with E-state index in [1.165, 1.54) is 0 Å². The monoisotopic (exact) mass is 367 g/mol. The molecule has 0 N–H and O–H groups in total. The minimum absolute atomic E-state index is 0.0883. The first-order valence-corrected chi connectivity index (χ1v) is 9.23. The SMILES string of the molecule is CCN(Cc1noc(CC(C)C)n1)C(=O)c1ccc2nc(C)c(C)nc2c1. The van der Waals surface area contributed by atoms with Gasteiger partial charge in [0.2, 0.25) is 5.89 Å². The maximum absolute atomic E-state index is 13.0. The van der Waals surface area contributed by atoms with Crippen molar-refractivity contribution in [2.45, 2.75) is 47.6 Å². The molecule has 0 aliphatic heterocycles. The second kappa shape index (κ2) is 7.82. The number of hydrogen-bond donors (Lipinski definition) is 0. The fraction of sp³-hybridized carbons (Fsp3) is 0.450. The molecule has 3 aromatic rings. The minimum Gasteiger partial charge on any atom is -0.339 e. The highest BCUT2D eigenvalue weighted by Gasteiger charge is 2.18. The molecule has 0 fully saturated rings. The van der Waals surface area contributed by atoms with E-state index < -0.39 is 0 Å². The van der Waals surface area contributed by atoms with Gasteiger partial charge in [-0.3, -0.25) is 4.79 Å². The van der Waals surface area contributed by atoms with Crippen LogP contribution in [0.1, 0.15) is 54.2 Å². The van der Waals surface area contributed by atoms with Gasteiger partial charge in [0.25, 0.3) is 5.91 Å². The maximum atomic E-state index is 13.0. The molecule has 1 amide bonds. The smallest absolute Gasteiger partial charge is 0.254 e. The summed E-state index contributed by atoms with van der Waals surface area (Å²) in [4.78, 5) is 28.1. The maximum Gasteiger partial charge on any atom is 0.254 e. The molecule has 2 aromatic heterocycles. The zero-order valence-corrected chi connectivity index (χ0v) is 16.5. The van der Waals surface area contributed by atoms with E-state index in [9.17, 15) is 4.79 Å². The number of amides is 1. The van der Waals surface area contributed by atoms with Crippen LogP contribution in [-0.2, 0) is 13.0 Å². The Morgan fingerprint density at radius 2 is 1.81 bits per heavy atom. The molecule has 2 heterocycles. The second-order valence-electron chi connectivity index (χ2n) is 7.12. The molecule has 0 aliphatic carbocycles. The van der Waals surface area contributed by atoms with Gasteiger partial charge in [-0.2, -0.15) is 4.98 Å². The summed E-state index contributed by atoms with van der Waals surface area (Å²) in [5.74, 6) is 1.48. The van der Waals surface area contributed by atoms with Gasteiger partial charge in [0.15, 0.2) is 5.82 Å². The van der Waals surface area contributed by atoms with Crippen LogP contribution >= 0.6 is 0 Å². The Morgan fingerprint density at radius 1 is 1.11 bits per heavy atom. The van der Waals surface area contributed by atoms with Gasteiger partial charge in [0.1, 0.15) is 0 Å². The highest BCUT2D eigenvalue weighted by Crippen LogP contribution is 2.17. The van der Waals surface area contributed by atoms with E-state index >= 15 is 0 Å². The topological polar surface area (TPSA) is 85.0 Å². The third-order valence-corrected chi connectivity index (χ3v) is 4.42. The van der Waals surface area contributed by atoms with Crippen LogP contribution in [0.15, 0.2) is 22.7 Å². The average Bonchev–Trinajstić information content (AvgIpc) is 3.06. The Bertz CT molecular complexity index is 964. The van der Waals surface area contributed by atoms with Gasteiger partial charge in [-0.05, 0) is 44.9 Å². The van der Waals surface area contributed by atoms with Crippen molar-refractivity contribution in [2.75, 3.05) is 6.54 Å². The largest absolute Gasteiger partial charge is 0.339 e. The number of hydrogen-bond acceptors (Lipinski definition) is 6. The molecular formula is C20H25N5O2. The molecule has 27 heavy (non-hydrogen) atoms. The lowest BCUT2D eigenvalue weighted by atomic mass is 10.1. The van der Waals surface area contributed by atoms with Crippen LogP contribution < -0.4 is 0 Å². The molecule has 0 aliphatic rings. The lowest BCUT2D eigenvalue weighted by Crippen LogP contribution is -2.30. The Hall–Kier alpha value is -2.83. The zero-order valence-electron chi connectivity index (χ0n) is 16.5. The summed E-state index contributed by atoms with van der Waals surface area (Å²) in [6, 6.07) is 5.42. The first-order chi connectivity index (χ1) is 12.9. The first kappa shape index (κ1) is 18.9. The van der Waals surface area contributed by atoms with Crippen LogP contribution in [0.3, 0.4) is 0 Å². The van der Waals surface area contributed by atoms with Gasteiger partial charge < -0.3 is 9.42 Å². The van der Waals surface area contributed by atoms with Crippen molar-refractivity contribution in [1.82, 2.24) is 25.0 Å². The highest BCUT2D eigenvalue weighted by atomic mass is 16.5. The number of carbonyl (C=O) groups excluding carboxylic acids is 1. The standard InChI is InChI=1S/C20H25N5O2/c1-6-25(11-18-23-19(27-24-18)9-12(2)3)20(26)15-7-8-16-17(10-15)22-14(5)13(4)21-16/h7-8,10,12H,6,9,11H2,1-5H3. The number of rotatable bonds is 6. The van der Waals surface area contributed by atoms with Gasteiger partial charge in [0, 0.05) is 18.5 Å². The lowest BCUT2D eigenvalue weighted by Gasteiger charge is -2.19. The molecule has 0 unspecified atom stereocenters. The second-order valence-corrected chi connectivity index (χ2v) is 7.12. The van der Waals surface area contributed by atoms with Gasteiger partial charge >= 0.3 is 0 Å². The van der Waals surface area contributed by atoms with E-state index in [1.54, 1.807) is 17.0 Å². The molecule has 0 atom stereocenters. The van der Waals surface area contributed by atoms with Crippen molar-refractivity contribution in [3.63, 3.8) is 0 Å². The van der Waals surface area contributed by atoms with Crippen molar-refractivity contribution in [2.24, 2.45) is 5.92 Å². The summed E-state index contributed by atoms with van der Waals surface area (Å²) in [6.45, 7) is 10.8. The molecule has 0 spiro atoms. The van der Waals surface area contributed by atoms with E-state index in [0.29, 0.717) is 36.3 Å². The highest BCUT2D eigenvalue weighted by molar-refractivity contribution is 5.97. The molecule has 0 bridgehead atoms. The molecule has 0 saturated carbocycles. The van der Waals surface area contributed by atoms with Crippen molar-refractivity contribution in [3.05, 3.63) is 46.9 Å². The molecule has 7 heteroatoms. The van der Waals surface area contributed by atoms with Gasteiger partial charge in [0.05, 0.1) is 29.0 Å². The van der Waals surface area contributed by atoms with Crippen molar-refractivity contribution in [3.8, 4) is 0 Å². The summed E-state index contributed by atoms with van der Waals surface area (Å²) in [6.07, 6.45) is 0.731. The van der Waals surface area contributed by atoms with Crippen molar-refractivity contribution < 1.29 is 9.32 Å². The van der Waals surface area contributed by atoms with Gasteiger partial charge in [-0.1, -0.05) is 19.0 Å². The summed E-state index contributed by atoms with van der Waals surface area (Å²) < 4.78 is 5.27. The first-order valence-electron chi connectivity index (χ1n) is 9.23. The summed E-state index contributed by atoms with van der Waals surface area (Å²) >= 11 is 0. The number of benzene rings is 1. The van der Waals surface area contributed by atoms with Crippen LogP contribution in [0.5, 0.6) is 0 Å². The third-order valence-electron chi connectivity index (χ3n) is 4.42. The van der Waals surface area contributed by atoms with Crippen molar-refractivity contribution >= 4 is 16.9 Å². The number of carbonyl (C=O) groups is 1. The van der Waals surface area contributed by atoms with E-state index in [0.717, 1.165) is 28.8 Å². The van der Waals surface area contributed by atoms with Crippen LogP contribution in [0.25, 0.3) is 11.0 Å². The Labute approximate surface area is 158 Å². The third kappa shape index (κ3) is 4.30. The normalized spacial score (nSPS) is 11.3. The molecular weight excluding hydrogens is 342 g/mol. The van der Waals surface area contributed by atoms with E-state index in [2.05, 4.69) is 34.0 Å². The lowest BCUT2D eigenvalue weighted by molar-refractivity contribution is 0.0747. The van der Waals surface area contributed by atoms with E-state index in [4.69, 9.17) is 4.52 Å². The minimum atomic E-state index is -0.0883. The summed E-state index contributed by atoms with van der Waals surface area (Å²) in [5, 5.41) is 4.00. The van der Waals surface area contributed by atoms with Gasteiger partial charge in [-0.25, -0.2) is 9.97 Å². The summed E-state index contributed by atoms with van der Waals surface area (Å²) in [7, 11) is 0. The quantitative estimate of drug-likeness (QED) is 0.663. The molecule has 7 nitrogen and oxygen atoms in total. The molecule has 0 radical (unpaired) electrons. The van der Waals surface area contributed by atoms with Gasteiger partial charge in [-0.15, -0.1) is 0 Å². The number of fused-ring (bicyclic) bond motifs is 1. The fourth-order valence-corrected chi connectivity index (χ4v) is 2.83. The van der Waals surface area contributed by atoms with E-state index in [-0.39, 0.29) is 5.91 Å². The van der Waals surface area contributed by atoms with Crippen molar-refractivity contribution in [1.29, 1.82) is 0 Å². The number of aromatic nitrogens is 4. The fourth-order valence-electron chi connectivity index (χ4n) is 2.83. The Morgan fingerprint density at radius 3 is 2.48 bits per heavy atom. The predicted octanol–water partition coefficient (Wildman–Crippen LogP) is 3.49. The Kier molecular flexibility index (Phi) is 5.48. The summed E-state index contributed by atoms with van der Waals surface area (Å²) in [5.41, 5.74) is 3.84. The molecule has 3 rings (SSSR count). The van der Waals surface area contributed by atoms with E-state index in [1.807, 2.05) is 26.8 Å². The zero-order chi connectivity index (χ0) is 19.6. The number of aryl methyl sites for hydroxylation is 2. The Balaban J connectivity index is 1.81. The van der Waals surface area contributed by atoms with Crippen LogP contribution in [0, 0.1) is 19.8 Å². The average molecular weight is 367 g/mol. The van der Waals surface area contributed by atoms with Crippen LogP contribution in [0.4, 0.5) is 0 Å². The van der Waals surface area contributed by atoms with Crippen LogP contribution in [0.2, 0.25) is 0 Å². The predicted molar refractivity (Wildman–Crippen MR) is 102 cm³/mol. The van der Waals surface area contributed by atoms with Crippen LogP contribution in [-0.4, -0.2) is 37.5 Å². The molecule has 1 aromatic carbocycles. The molecule has 0 saturated heterocycles. The molecule has 142 valence electrons.